The van der Waals surface area contributed by atoms with Gasteiger partial charge in [0, 0.05) is 45.7 Å². The van der Waals surface area contributed by atoms with Crippen molar-refractivity contribution < 1.29 is 0 Å². The summed E-state index contributed by atoms with van der Waals surface area (Å²) < 4.78 is 1.06. The predicted molar refractivity (Wildman–Crippen MR) is 135 cm³/mol. The first kappa shape index (κ1) is 20.1. The van der Waals surface area contributed by atoms with Crippen LogP contribution in [0.15, 0.2) is 83.3 Å². The highest BCUT2D eigenvalue weighted by atomic mass is 79.9. The van der Waals surface area contributed by atoms with E-state index in [1.54, 1.807) is 0 Å². The Balaban J connectivity index is 1.29. The lowest BCUT2D eigenvalue weighted by Crippen LogP contribution is -2.32. The van der Waals surface area contributed by atoms with Gasteiger partial charge in [0.1, 0.15) is 0 Å². The van der Waals surface area contributed by atoms with Gasteiger partial charge in [0.25, 0.3) is 0 Å². The standard InChI is InChI=1S/C27H26BrN3/c1-19-17-27(25-18-22(28)7-12-26(25)29-19)30-23-8-10-24(11-9-23)31-15-13-21(14-16-31)20-5-3-2-4-6-20/h2-12,17-18,21H,13-16H2,1H3,(H,29,30). The minimum Gasteiger partial charge on any atom is -0.371 e. The fourth-order valence-corrected chi connectivity index (χ4v) is 4.90. The van der Waals surface area contributed by atoms with Crippen molar-refractivity contribution in [3.8, 4) is 0 Å². The third kappa shape index (κ3) is 4.45. The number of hydrogen-bond acceptors (Lipinski definition) is 3. The number of nitrogens with zero attached hydrogens (tertiary/aromatic N) is 2. The number of rotatable bonds is 4. The third-order valence-electron chi connectivity index (χ3n) is 6.18. The SMILES string of the molecule is Cc1cc(Nc2ccc(N3CCC(c4ccccc4)CC3)cc2)c2cc(Br)ccc2n1. The van der Waals surface area contributed by atoms with E-state index in [0.717, 1.165) is 45.5 Å². The molecule has 5 rings (SSSR count). The van der Waals surface area contributed by atoms with Crippen molar-refractivity contribution >= 4 is 43.9 Å². The number of aromatic nitrogens is 1. The molecule has 4 heteroatoms. The van der Waals surface area contributed by atoms with Crippen molar-refractivity contribution in [3.05, 3.63) is 94.6 Å². The lowest BCUT2D eigenvalue weighted by Gasteiger charge is -2.34. The molecule has 31 heavy (non-hydrogen) atoms. The highest BCUT2D eigenvalue weighted by Gasteiger charge is 2.20. The maximum absolute atomic E-state index is 4.65. The summed E-state index contributed by atoms with van der Waals surface area (Å²) in [6.45, 7) is 4.25. The average Bonchev–Trinajstić information content (AvgIpc) is 2.81. The second kappa shape index (κ2) is 8.72. The molecule has 3 nitrogen and oxygen atoms in total. The summed E-state index contributed by atoms with van der Waals surface area (Å²) in [7, 11) is 0. The summed E-state index contributed by atoms with van der Waals surface area (Å²) in [4.78, 5) is 7.16. The lowest BCUT2D eigenvalue weighted by atomic mass is 9.89. The van der Waals surface area contributed by atoms with Crippen molar-refractivity contribution in [1.29, 1.82) is 0 Å². The van der Waals surface area contributed by atoms with Crippen LogP contribution in [0.25, 0.3) is 10.9 Å². The number of nitrogens with one attached hydrogen (secondary N) is 1. The molecule has 0 radical (unpaired) electrons. The monoisotopic (exact) mass is 471 g/mol. The van der Waals surface area contributed by atoms with Crippen LogP contribution in [0, 0.1) is 6.92 Å². The molecular formula is C27H26BrN3. The van der Waals surface area contributed by atoms with E-state index in [1.165, 1.54) is 24.1 Å². The number of benzene rings is 3. The van der Waals surface area contributed by atoms with Gasteiger partial charge in [0.05, 0.1) is 5.52 Å². The molecule has 1 aromatic heterocycles. The first-order valence-corrected chi connectivity index (χ1v) is 11.7. The molecule has 0 spiro atoms. The first-order chi connectivity index (χ1) is 15.2. The number of piperidine rings is 1. The van der Waals surface area contributed by atoms with Crippen LogP contribution in [-0.2, 0) is 0 Å². The molecule has 1 N–H and O–H groups in total. The van der Waals surface area contributed by atoms with Crippen LogP contribution in [-0.4, -0.2) is 18.1 Å². The van der Waals surface area contributed by atoms with Gasteiger partial charge in [0.2, 0.25) is 0 Å². The fourth-order valence-electron chi connectivity index (χ4n) is 4.54. The molecule has 1 aliphatic rings. The number of fused-ring (bicyclic) bond motifs is 1. The van der Waals surface area contributed by atoms with Gasteiger partial charge in [-0.25, -0.2) is 0 Å². The van der Waals surface area contributed by atoms with E-state index in [4.69, 9.17) is 0 Å². The van der Waals surface area contributed by atoms with Crippen LogP contribution in [0.2, 0.25) is 0 Å². The van der Waals surface area contributed by atoms with Gasteiger partial charge in [-0.15, -0.1) is 0 Å². The Morgan fingerprint density at radius 3 is 2.39 bits per heavy atom. The molecule has 1 fully saturated rings. The molecule has 1 aliphatic heterocycles. The van der Waals surface area contributed by atoms with Gasteiger partial charge < -0.3 is 10.2 Å². The van der Waals surface area contributed by atoms with E-state index in [0.29, 0.717) is 5.92 Å². The van der Waals surface area contributed by atoms with Crippen molar-refractivity contribution in [2.45, 2.75) is 25.7 Å². The summed E-state index contributed by atoms with van der Waals surface area (Å²) in [6, 6.07) is 28.1. The minimum atomic E-state index is 0.681. The van der Waals surface area contributed by atoms with E-state index in [1.807, 2.05) is 13.0 Å². The van der Waals surface area contributed by atoms with Gasteiger partial charge in [-0.3, -0.25) is 4.98 Å². The van der Waals surface area contributed by atoms with Crippen LogP contribution in [0.3, 0.4) is 0 Å². The van der Waals surface area contributed by atoms with E-state index in [2.05, 4.69) is 104 Å². The number of hydrogen-bond donors (Lipinski definition) is 1. The Bertz CT molecular complexity index is 1180. The molecule has 0 bridgehead atoms. The summed E-state index contributed by atoms with van der Waals surface area (Å²) in [5.74, 6) is 0.681. The van der Waals surface area contributed by atoms with Crippen molar-refractivity contribution in [2.75, 3.05) is 23.3 Å². The Morgan fingerprint density at radius 2 is 1.65 bits per heavy atom. The van der Waals surface area contributed by atoms with E-state index < -0.39 is 0 Å². The van der Waals surface area contributed by atoms with Gasteiger partial charge in [-0.05, 0) is 79.8 Å². The van der Waals surface area contributed by atoms with Crippen LogP contribution in [0.1, 0.15) is 30.0 Å². The summed E-state index contributed by atoms with van der Waals surface area (Å²) in [5.41, 5.74) is 6.97. The number of anilines is 3. The molecular weight excluding hydrogens is 446 g/mol. The van der Waals surface area contributed by atoms with Gasteiger partial charge in [-0.2, -0.15) is 0 Å². The number of pyridine rings is 1. The van der Waals surface area contributed by atoms with Gasteiger partial charge >= 0.3 is 0 Å². The summed E-state index contributed by atoms with van der Waals surface area (Å²) in [6.07, 6.45) is 2.42. The van der Waals surface area contributed by atoms with Crippen molar-refractivity contribution in [2.24, 2.45) is 0 Å². The minimum absolute atomic E-state index is 0.681. The van der Waals surface area contributed by atoms with Crippen molar-refractivity contribution in [3.63, 3.8) is 0 Å². The third-order valence-corrected chi connectivity index (χ3v) is 6.67. The smallest absolute Gasteiger partial charge is 0.0726 e. The molecule has 2 heterocycles. The normalized spacial score (nSPS) is 14.7. The Morgan fingerprint density at radius 1 is 0.903 bits per heavy atom. The topological polar surface area (TPSA) is 28.2 Å². The highest BCUT2D eigenvalue weighted by molar-refractivity contribution is 9.10. The first-order valence-electron chi connectivity index (χ1n) is 10.9. The molecule has 3 aromatic carbocycles. The van der Waals surface area contributed by atoms with E-state index in [9.17, 15) is 0 Å². The fraction of sp³-hybridized carbons (Fsp3) is 0.222. The Labute approximate surface area is 192 Å². The zero-order valence-corrected chi connectivity index (χ0v) is 19.3. The van der Waals surface area contributed by atoms with Crippen LogP contribution in [0.4, 0.5) is 17.1 Å². The quantitative estimate of drug-likeness (QED) is 0.335. The lowest BCUT2D eigenvalue weighted by molar-refractivity contribution is 0.505. The van der Waals surface area contributed by atoms with Crippen LogP contribution < -0.4 is 10.2 Å². The molecule has 0 unspecified atom stereocenters. The molecule has 0 atom stereocenters. The Kier molecular flexibility index (Phi) is 5.65. The molecule has 4 aromatic rings. The zero-order chi connectivity index (χ0) is 21.2. The molecule has 0 saturated carbocycles. The summed E-state index contributed by atoms with van der Waals surface area (Å²) in [5, 5.41) is 4.71. The molecule has 156 valence electrons. The van der Waals surface area contributed by atoms with Crippen LogP contribution >= 0.6 is 15.9 Å². The largest absolute Gasteiger partial charge is 0.371 e. The molecule has 0 aliphatic carbocycles. The molecule has 1 saturated heterocycles. The number of halogens is 1. The maximum atomic E-state index is 4.65. The second-order valence-corrected chi connectivity index (χ2v) is 9.23. The van der Waals surface area contributed by atoms with E-state index in [-0.39, 0.29) is 0 Å². The van der Waals surface area contributed by atoms with Gasteiger partial charge in [-0.1, -0.05) is 46.3 Å². The maximum Gasteiger partial charge on any atom is 0.0726 e. The average molecular weight is 472 g/mol. The van der Waals surface area contributed by atoms with Crippen LogP contribution in [0.5, 0.6) is 0 Å². The van der Waals surface area contributed by atoms with E-state index >= 15 is 0 Å². The predicted octanol–water partition coefficient (Wildman–Crippen LogP) is 7.43. The van der Waals surface area contributed by atoms with Gasteiger partial charge in [0.15, 0.2) is 0 Å². The highest BCUT2D eigenvalue weighted by Crippen LogP contribution is 2.32. The Hall–Kier alpha value is -2.85. The summed E-state index contributed by atoms with van der Waals surface area (Å²) >= 11 is 3.58. The van der Waals surface area contributed by atoms with Crippen molar-refractivity contribution in [1.82, 2.24) is 4.98 Å². The zero-order valence-electron chi connectivity index (χ0n) is 17.7. The molecule has 0 amide bonds. The number of aryl methyl sites for hydroxylation is 1. The second-order valence-electron chi connectivity index (χ2n) is 8.32.